The Morgan fingerprint density at radius 2 is 1.72 bits per heavy atom. The van der Waals surface area contributed by atoms with E-state index in [4.69, 9.17) is 0 Å². The third kappa shape index (κ3) is 2.94. The molecule has 1 amide bonds. The Hall–Kier alpha value is -3.28. The number of para-hydroxylation sites is 4. The monoisotopic (exact) mass is 331 g/mol. The number of hydrogen-bond acceptors (Lipinski definition) is 4. The highest BCUT2D eigenvalue weighted by Gasteiger charge is 2.10. The minimum atomic E-state index is -0.222. The second-order valence-corrected chi connectivity index (χ2v) is 5.80. The number of nitrogens with one attached hydrogen (secondary N) is 1. The number of carbonyl (C=O) groups excluding carboxylic acids is 1. The smallest absolute Gasteiger partial charge is 0.271 e. The molecule has 0 unspecified atom stereocenters. The van der Waals surface area contributed by atoms with Crippen LogP contribution in [0.15, 0.2) is 54.7 Å². The molecule has 124 valence electrons. The lowest BCUT2D eigenvalue weighted by Gasteiger charge is -2.08. The van der Waals surface area contributed by atoms with E-state index in [1.54, 1.807) is 0 Å². The zero-order chi connectivity index (χ0) is 17.2. The summed E-state index contributed by atoms with van der Waals surface area (Å²) in [5.41, 5.74) is 3.85. The lowest BCUT2D eigenvalue weighted by molar-refractivity contribution is 0.0947. The average molecular weight is 331 g/mol. The fourth-order valence-electron chi connectivity index (χ4n) is 2.92. The molecule has 1 N–H and O–H groups in total. The van der Waals surface area contributed by atoms with Gasteiger partial charge in [-0.15, -0.1) is 0 Å². The van der Waals surface area contributed by atoms with Crippen LogP contribution in [-0.4, -0.2) is 32.0 Å². The Balaban J connectivity index is 1.47. The first-order chi connectivity index (χ1) is 12.2. The molecular formula is C19H17N5O. The minimum absolute atomic E-state index is 0.222. The van der Waals surface area contributed by atoms with Gasteiger partial charge in [0.05, 0.1) is 28.3 Å². The molecule has 0 atom stereocenters. The minimum Gasteiger partial charge on any atom is -0.349 e. The maximum Gasteiger partial charge on any atom is 0.271 e. The highest BCUT2D eigenvalue weighted by molar-refractivity contribution is 5.93. The Morgan fingerprint density at radius 3 is 2.56 bits per heavy atom. The lowest BCUT2D eigenvalue weighted by Crippen LogP contribution is -2.28. The number of imidazole rings is 1. The third-order valence-corrected chi connectivity index (χ3v) is 4.15. The first-order valence-electron chi connectivity index (χ1n) is 8.14. The van der Waals surface area contributed by atoms with E-state index in [2.05, 4.69) is 24.8 Å². The summed E-state index contributed by atoms with van der Waals surface area (Å²) in [5, 5.41) is 2.90. The van der Waals surface area contributed by atoms with Crippen LogP contribution in [0.25, 0.3) is 22.1 Å². The molecule has 25 heavy (non-hydrogen) atoms. The van der Waals surface area contributed by atoms with Crippen LogP contribution in [0.5, 0.6) is 0 Å². The van der Waals surface area contributed by atoms with E-state index in [1.807, 2.05) is 55.5 Å². The number of aromatic nitrogens is 4. The van der Waals surface area contributed by atoms with Crippen molar-refractivity contribution in [3.8, 4) is 0 Å². The molecule has 0 saturated heterocycles. The maximum absolute atomic E-state index is 12.3. The Morgan fingerprint density at radius 1 is 1.00 bits per heavy atom. The molecule has 4 rings (SSSR count). The maximum atomic E-state index is 12.3. The van der Waals surface area contributed by atoms with E-state index >= 15 is 0 Å². The fraction of sp³-hybridized carbons (Fsp3) is 0.158. The van der Waals surface area contributed by atoms with Crippen molar-refractivity contribution in [3.05, 3.63) is 66.2 Å². The van der Waals surface area contributed by atoms with Crippen molar-refractivity contribution in [2.75, 3.05) is 6.54 Å². The SMILES string of the molecule is Cc1nc2ccccc2n1CCNC(=O)c1cnc2ccccc2n1. The molecule has 2 aromatic heterocycles. The van der Waals surface area contributed by atoms with Crippen LogP contribution < -0.4 is 5.32 Å². The van der Waals surface area contributed by atoms with Crippen LogP contribution in [0.2, 0.25) is 0 Å². The highest BCUT2D eigenvalue weighted by Crippen LogP contribution is 2.15. The molecule has 4 aromatic rings. The molecule has 0 fully saturated rings. The van der Waals surface area contributed by atoms with Crippen LogP contribution in [0.3, 0.4) is 0 Å². The first-order valence-corrected chi connectivity index (χ1v) is 8.14. The average Bonchev–Trinajstić information content (AvgIpc) is 2.96. The Bertz CT molecular complexity index is 1070. The summed E-state index contributed by atoms with van der Waals surface area (Å²) >= 11 is 0. The number of rotatable bonds is 4. The van der Waals surface area contributed by atoms with E-state index < -0.39 is 0 Å². The number of nitrogens with zero attached hydrogens (tertiary/aromatic N) is 4. The summed E-state index contributed by atoms with van der Waals surface area (Å²) in [6.07, 6.45) is 1.51. The molecule has 2 aromatic carbocycles. The molecule has 0 spiro atoms. The number of fused-ring (bicyclic) bond motifs is 2. The van der Waals surface area contributed by atoms with E-state index in [0.717, 1.165) is 22.4 Å². The van der Waals surface area contributed by atoms with Crippen molar-refractivity contribution < 1.29 is 4.79 Å². The third-order valence-electron chi connectivity index (χ3n) is 4.15. The standard InChI is InChI=1S/C19H17N5O/c1-13-22-16-8-4-5-9-18(16)24(13)11-10-20-19(25)17-12-21-14-6-2-3-7-15(14)23-17/h2-9,12H,10-11H2,1H3,(H,20,25). The van der Waals surface area contributed by atoms with Crippen molar-refractivity contribution in [1.82, 2.24) is 24.8 Å². The van der Waals surface area contributed by atoms with Crippen LogP contribution in [0, 0.1) is 6.92 Å². The van der Waals surface area contributed by atoms with Crippen molar-refractivity contribution in [2.24, 2.45) is 0 Å². The van der Waals surface area contributed by atoms with E-state index in [1.165, 1.54) is 6.20 Å². The van der Waals surface area contributed by atoms with Gasteiger partial charge in [0.2, 0.25) is 0 Å². The predicted octanol–water partition coefficient (Wildman–Crippen LogP) is 2.72. The van der Waals surface area contributed by atoms with Gasteiger partial charge in [0, 0.05) is 13.1 Å². The van der Waals surface area contributed by atoms with E-state index in [-0.39, 0.29) is 5.91 Å². The quantitative estimate of drug-likeness (QED) is 0.624. The second-order valence-electron chi connectivity index (χ2n) is 5.80. The molecule has 6 nitrogen and oxygen atoms in total. The molecule has 0 aliphatic carbocycles. The van der Waals surface area contributed by atoms with E-state index in [0.29, 0.717) is 24.3 Å². The van der Waals surface area contributed by atoms with Crippen molar-refractivity contribution >= 4 is 28.0 Å². The first kappa shape index (κ1) is 15.3. The number of hydrogen-bond donors (Lipinski definition) is 1. The molecule has 0 aliphatic rings. The summed E-state index contributed by atoms with van der Waals surface area (Å²) in [6, 6.07) is 15.5. The number of aryl methyl sites for hydroxylation is 1. The summed E-state index contributed by atoms with van der Waals surface area (Å²) in [5.74, 6) is 0.710. The zero-order valence-corrected chi connectivity index (χ0v) is 13.8. The van der Waals surface area contributed by atoms with Gasteiger partial charge in [-0.05, 0) is 31.2 Å². The van der Waals surface area contributed by atoms with Gasteiger partial charge in [-0.2, -0.15) is 0 Å². The van der Waals surface area contributed by atoms with Crippen LogP contribution >= 0.6 is 0 Å². The van der Waals surface area contributed by atoms with Gasteiger partial charge in [0.15, 0.2) is 0 Å². The van der Waals surface area contributed by atoms with Crippen molar-refractivity contribution in [2.45, 2.75) is 13.5 Å². The number of carbonyl (C=O) groups is 1. The van der Waals surface area contributed by atoms with Gasteiger partial charge < -0.3 is 9.88 Å². The van der Waals surface area contributed by atoms with Gasteiger partial charge >= 0.3 is 0 Å². The largest absolute Gasteiger partial charge is 0.349 e. The Labute approximate surface area is 144 Å². The molecule has 0 bridgehead atoms. The van der Waals surface area contributed by atoms with Crippen LogP contribution in [0.4, 0.5) is 0 Å². The Kier molecular flexibility index (Phi) is 3.85. The molecule has 0 aliphatic heterocycles. The number of benzene rings is 2. The second kappa shape index (κ2) is 6.32. The van der Waals surface area contributed by atoms with Crippen LogP contribution in [0.1, 0.15) is 16.3 Å². The molecular weight excluding hydrogens is 314 g/mol. The lowest BCUT2D eigenvalue weighted by atomic mass is 10.3. The number of amides is 1. The van der Waals surface area contributed by atoms with E-state index in [9.17, 15) is 4.79 Å². The fourth-order valence-corrected chi connectivity index (χ4v) is 2.92. The van der Waals surface area contributed by atoms with Gasteiger partial charge in [0.25, 0.3) is 5.91 Å². The van der Waals surface area contributed by atoms with Gasteiger partial charge in [-0.3, -0.25) is 9.78 Å². The summed E-state index contributed by atoms with van der Waals surface area (Å²) in [4.78, 5) is 25.5. The highest BCUT2D eigenvalue weighted by atomic mass is 16.1. The van der Waals surface area contributed by atoms with Gasteiger partial charge in [-0.1, -0.05) is 24.3 Å². The topological polar surface area (TPSA) is 72.7 Å². The molecule has 2 heterocycles. The van der Waals surface area contributed by atoms with Crippen molar-refractivity contribution in [3.63, 3.8) is 0 Å². The molecule has 0 saturated carbocycles. The van der Waals surface area contributed by atoms with Gasteiger partial charge in [0.1, 0.15) is 11.5 Å². The normalized spacial score (nSPS) is 11.1. The summed E-state index contributed by atoms with van der Waals surface area (Å²) < 4.78 is 2.10. The predicted molar refractivity (Wildman–Crippen MR) is 96.3 cm³/mol. The summed E-state index contributed by atoms with van der Waals surface area (Å²) in [6.45, 7) is 3.12. The zero-order valence-electron chi connectivity index (χ0n) is 13.8. The van der Waals surface area contributed by atoms with Crippen molar-refractivity contribution in [1.29, 1.82) is 0 Å². The van der Waals surface area contributed by atoms with Gasteiger partial charge in [-0.25, -0.2) is 9.97 Å². The molecule has 6 heteroatoms. The van der Waals surface area contributed by atoms with Crippen LogP contribution in [-0.2, 0) is 6.54 Å². The summed E-state index contributed by atoms with van der Waals surface area (Å²) in [7, 11) is 0. The molecule has 0 radical (unpaired) electrons.